The molecule has 0 spiro atoms. The maximum atomic E-state index is 13.9. The normalized spacial score (nSPS) is 12.5. The Balaban J connectivity index is 2.56. The zero-order valence-corrected chi connectivity index (χ0v) is 10.1. The van der Waals surface area contributed by atoms with Crippen LogP contribution < -0.4 is 5.73 Å². The van der Waals surface area contributed by atoms with Crippen molar-refractivity contribution in [1.29, 1.82) is 0 Å². The lowest BCUT2D eigenvalue weighted by Gasteiger charge is -2.16. The second kappa shape index (κ2) is 5.01. The van der Waals surface area contributed by atoms with Crippen molar-refractivity contribution < 1.29 is 17.6 Å². The van der Waals surface area contributed by atoms with E-state index in [9.17, 15) is 17.6 Å². The summed E-state index contributed by atoms with van der Waals surface area (Å²) in [7, 11) is 0. The number of hydrogen-bond donors (Lipinski definition) is 1. The van der Waals surface area contributed by atoms with Crippen LogP contribution in [0.5, 0.6) is 0 Å². The maximum Gasteiger partial charge on any atom is 0.134 e. The largest absolute Gasteiger partial charge is 0.320 e. The Hall–Kier alpha value is -1.88. The molecule has 0 aliphatic rings. The molecule has 5 heteroatoms. The molecule has 0 saturated heterocycles. The summed E-state index contributed by atoms with van der Waals surface area (Å²) in [6.07, 6.45) is 0. The first-order valence-electron chi connectivity index (χ1n) is 5.57. The lowest BCUT2D eigenvalue weighted by molar-refractivity contribution is 0.524. The summed E-state index contributed by atoms with van der Waals surface area (Å²) < 4.78 is 53.9. The molecule has 0 bridgehead atoms. The molecule has 0 amide bonds. The zero-order valence-electron chi connectivity index (χ0n) is 10.1. The van der Waals surface area contributed by atoms with Crippen molar-refractivity contribution in [3.63, 3.8) is 0 Å². The Kier molecular flexibility index (Phi) is 3.57. The molecule has 0 aliphatic carbocycles. The summed E-state index contributed by atoms with van der Waals surface area (Å²) in [5.41, 5.74) is 5.31. The smallest absolute Gasteiger partial charge is 0.134 e. The van der Waals surface area contributed by atoms with Gasteiger partial charge in [0.05, 0.1) is 6.04 Å². The average molecular weight is 269 g/mol. The lowest BCUT2D eigenvalue weighted by Crippen LogP contribution is -2.18. The monoisotopic (exact) mass is 269 g/mol. The number of nitrogens with two attached hydrogens (primary N) is 1. The summed E-state index contributed by atoms with van der Waals surface area (Å²) in [4.78, 5) is 0. The van der Waals surface area contributed by atoms with Crippen LogP contribution in [0.25, 0.3) is 0 Å². The quantitative estimate of drug-likeness (QED) is 0.828. The van der Waals surface area contributed by atoms with Gasteiger partial charge in [-0.05, 0) is 24.6 Å². The standard InChI is InChI=1S/C14H11F4N/c1-7-2-5-10(16)12(13(7)18)14(19)9-4-3-8(15)6-11(9)17/h2-6,14H,19H2,1H3. The van der Waals surface area contributed by atoms with E-state index in [0.717, 1.165) is 18.2 Å². The fraction of sp³-hybridized carbons (Fsp3) is 0.143. The number of hydrogen-bond acceptors (Lipinski definition) is 1. The van der Waals surface area contributed by atoms with E-state index in [2.05, 4.69) is 0 Å². The highest BCUT2D eigenvalue weighted by Crippen LogP contribution is 2.28. The van der Waals surface area contributed by atoms with Crippen molar-refractivity contribution in [3.05, 3.63) is 70.3 Å². The third-order valence-corrected chi connectivity index (χ3v) is 2.93. The Morgan fingerprint density at radius 1 is 0.947 bits per heavy atom. The van der Waals surface area contributed by atoms with Crippen LogP contribution in [-0.4, -0.2) is 0 Å². The molecule has 0 aliphatic heterocycles. The van der Waals surface area contributed by atoms with Gasteiger partial charge in [-0.15, -0.1) is 0 Å². The second-order valence-electron chi connectivity index (χ2n) is 4.24. The number of benzene rings is 2. The minimum Gasteiger partial charge on any atom is -0.320 e. The van der Waals surface area contributed by atoms with Crippen LogP contribution in [0.2, 0.25) is 0 Å². The van der Waals surface area contributed by atoms with Crippen LogP contribution >= 0.6 is 0 Å². The Bertz CT molecular complexity index is 625. The molecule has 2 aromatic rings. The minimum absolute atomic E-state index is 0.162. The molecule has 0 radical (unpaired) electrons. The highest BCUT2D eigenvalue weighted by atomic mass is 19.1. The lowest BCUT2D eigenvalue weighted by atomic mass is 9.96. The predicted octanol–water partition coefficient (Wildman–Crippen LogP) is 3.60. The first kappa shape index (κ1) is 13.5. The Labute approximate surface area is 107 Å². The van der Waals surface area contributed by atoms with Crippen LogP contribution in [0.3, 0.4) is 0 Å². The molecule has 0 heterocycles. The van der Waals surface area contributed by atoms with E-state index in [4.69, 9.17) is 5.73 Å². The second-order valence-corrected chi connectivity index (χ2v) is 4.24. The summed E-state index contributed by atoms with van der Waals surface area (Å²) in [5, 5.41) is 0. The van der Waals surface area contributed by atoms with Crippen LogP contribution in [0.1, 0.15) is 22.7 Å². The molecule has 0 saturated carbocycles. The molecule has 1 nitrogen and oxygen atoms in total. The SMILES string of the molecule is Cc1ccc(F)c(C(N)c2ccc(F)cc2F)c1F. The van der Waals surface area contributed by atoms with Crippen molar-refractivity contribution in [2.24, 2.45) is 5.73 Å². The van der Waals surface area contributed by atoms with Crippen molar-refractivity contribution in [3.8, 4) is 0 Å². The van der Waals surface area contributed by atoms with Gasteiger partial charge in [-0.3, -0.25) is 0 Å². The van der Waals surface area contributed by atoms with Gasteiger partial charge in [0.15, 0.2) is 0 Å². The molecular formula is C14H11F4N. The molecule has 1 atom stereocenters. The summed E-state index contributed by atoms with van der Waals surface area (Å²) in [5.74, 6) is -3.40. The molecule has 19 heavy (non-hydrogen) atoms. The fourth-order valence-electron chi connectivity index (χ4n) is 1.87. The molecule has 0 fully saturated rings. The van der Waals surface area contributed by atoms with E-state index in [-0.39, 0.29) is 11.1 Å². The third-order valence-electron chi connectivity index (χ3n) is 2.93. The zero-order chi connectivity index (χ0) is 14.2. The van der Waals surface area contributed by atoms with E-state index in [1.54, 1.807) is 0 Å². The topological polar surface area (TPSA) is 26.0 Å². The predicted molar refractivity (Wildman–Crippen MR) is 63.5 cm³/mol. The van der Waals surface area contributed by atoms with Crippen LogP contribution in [0.4, 0.5) is 17.6 Å². The van der Waals surface area contributed by atoms with Crippen LogP contribution in [-0.2, 0) is 0 Å². The highest BCUT2D eigenvalue weighted by molar-refractivity contribution is 5.36. The van der Waals surface area contributed by atoms with Gasteiger partial charge in [0.2, 0.25) is 0 Å². The van der Waals surface area contributed by atoms with Gasteiger partial charge in [-0.2, -0.15) is 0 Å². The molecule has 0 aromatic heterocycles. The van der Waals surface area contributed by atoms with Gasteiger partial charge in [0.1, 0.15) is 23.3 Å². The van der Waals surface area contributed by atoms with Crippen LogP contribution in [0.15, 0.2) is 30.3 Å². The summed E-state index contributed by atoms with van der Waals surface area (Å²) >= 11 is 0. The van der Waals surface area contributed by atoms with E-state index >= 15 is 0 Å². The molecule has 2 rings (SSSR count). The van der Waals surface area contributed by atoms with Gasteiger partial charge in [0.25, 0.3) is 0 Å². The fourth-order valence-corrected chi connectivity index (χ4v) is 1.87. The average Bonchev–Trinajstić information content (AvgIpc) is 2.34. The van der Waals surface area contributed by atoms with Crippen molar-refractivity contribution in [2.45, 2.75) is 13.0 Å². The van der Waals surface area contributed by atoms with Crippen LogP contribution in [0, 0.1) is 30.2 Å². The van der Waals surface area contributed by atoms with Crippen molar-refractivity contribution in [2.75, 3.05) is 0 Å². The minimum atomic E-state index is -1.33. The van der Waals surface area contributed by atoms with Gasteiger partial charge in [0, 0.05) is 17.2 Å². The number of aryl methyl sites for hydroxylation is 1. The Morgan fingerprint density at radius 3 is 2.26 bits per heavy atom. The number of rotatable bonds is 2. The van der Waals surface area contributed by atoms with E-state index < -0.39 is 34.9 Å². The van der Waals surface area contributed by atoms with E-state index in [1.807, 2.05) is 0 Å². The summed E-state index contributed by atoms with van der Waals surface area (Å²) in [6.45, 7) is 1.45. The number of halogens is 4. The van der Waals surface area contributed by atoms with E-state index in [0.29, 0.717) is 6.07 Å². The molecule has 1 unspecified atom stereocenters. The summed E-state index contributed by atoms with van der Waals surface area (Å²) in [6, 6.07) is 3.69. The van der Waals surface area contributed by atoms with Gasteiger partial charge >= 0.3 is 0 Å². The van der Waals surface area contributed by atoms with E-state index in [1.165, 1.54) is 13.0 Å². The molecular weight excluding hydrogens is 258 g/mol. The first-order valence-corrected chi connectivity index (χ1v) is 5.57. The Morgan fingerprint density at radius 2 is 1.63 bits per heavy atom. The van der Waals surface area contributed by atoms with Crippen molar-refractivity contribution >= 4 is 0 Å². The van der Waals surface area contributed by atoms with Gasteiger partial charge in [-0.1, -0.05) is 12.1 Å². The van der Waals surface area contributed by atoms with Crippen molar-refractivity contribution in [1.82, 2.24) is 0 Å². The third kappa shape index (κ3) is 2.46. The molecule has 2 N–H and O–H groups in total. The van der Waals surface area contributed by atoms with Gasteiger partial charge in [-0.25, -0.2) is 17.6 Å². The first-order chi connectivity index (χ1) is 8.91. The van der Waals surface area contributed by atoms with Gasteiger partial charge < -0.3 is 5.73 Å². The highest BCUT2D eigenvalue weighted by Gasteiger charge is 2.22. The molecule has 2 aromatic carbocycles. The maximum absolute atomic E-state index is 13.9. The molecule has 100 valence electrons.